The topological polar surface area (TPSA) is 29.9 Å². The Morgan fingerprint density at radius 3 is 2.62 bits per heavy atom. The molecular formula is C16H21F2N3. The molecule has 1 heterocycles. The summed E-state index contributed by atoms with van der Waals surface area (Å²) in [4.78, 5) is 0. The molecule has 0 aliphatic carbocycles. The first-order chi connectivity index (χ1) is 10.0. The second-order valence-corrected chi connectivity index (χ2v) is 5.27. The zero-order valence-electron chi connectivity index (χ0n) is 12.7. The Hall–Kier alpha value is -1.75. The van der Waals surface area contributed by atoms with Crippen molar-refractivity contribution in [1.29, 1.82) is 0 Å². The van der Waals surface area contributed by atoms with E-state index in [1.807, 2.05) is 24.9 Å². The van der Waals surface area contributed by atoms with Crippen LogP contribution in [0.1, 0.15) is 36.2 Å². The lowest BCUT2D eigenvalue weighted by Gasteiger charge is -2.19. The molecule has 0 saturated heterocycles. The van der Waals surface area contributed by atoms with Gasteiger partial charge < -0.3 is 5.32 Å². The van der Waals surface area contributed by atoms with Gasteiger partial charge >= 0.3 is 0 Å². The SMILES string of the molecule is CCCNC(Cc1ccc(F)c(F)c1)c1cnn(C)c1C. The Labute approximate surface area is 124 Å². The Morgan fingerprint density at radius 2 is 2.05 bits per heavy atom. The summed E-state index contributed by atoms with van der Waals surface area (Å²) in [6.07, 6.45) is 3.44. The van der Waals surface area contributed by atoms with Crippen LogP contribution in [-0.4, -0.2) is 16.3 Å². The van der Waals surface area contributed by atoms with Gasteiger partial charge in [-0.05, 0) is 44.0 Å². The summed E-state index contributed by atoms with van der Waals surface area (Å²) in [5.74, 6) is -1.61. The molecule has 0 radical (unpaired) electrons. The van der Waals surface area contributed by atoms with Crippen LogP contribution in [-0.2, 0) is 13.5 Å². The van der Waals surface area contributed by atoms with Crippen molar-refractivity contribution in [3.05, 3.63) is 52.9 Å². The zero-order chi connectivity index (χ0) is 15.4. The van der Waals surface area contributed by atoms with Crippen LogP contribution in [0.2, 0.25) is 0 Å². The lowest BCUT2D eigenvalue weighted by molar-refractivity contribution is 0.499. The van der Waals surface area contributed by atoms with Gasteiger partial charge in [0.1, 0.15) is 0 Å². The monoisotopic (exact) mass is 293 g/mol. The van der Waals surface area contributed by atoms with Gasteiger partial charge in [-0.25, -0.2) is 8.78 Å². The summed E-state index contributed by atoms with van der Waals surface area (Å²) >= 11 is 0. The fraction of sp³-hybridized carbons (Fsp3) is 0.438. The molecule has 0 aliphatic rings. The number of hydrogen-bond acceptors (Lipinski definition) is 2. The van der Waals surface area contributed by atoms with Gasteiger partial charge in [0.15, 0.2) is 11.6 Å². The summed E-state index contributed by atoms with van der Waals surface area (Å²) in [6.45, 7) is 4.97. The molecule has 0 spiro atoms. The minimum absolute atomic E-state index is 0.0449. The van der Waals surface area contributed by atoms with Gasteiger partial charge in [0.2, 0.25) is 0 Å². The maximum absolute atomic E-state index is 13.4. The van der Waals surface area contributed by atoms with Gasteiger partial charge in [-0.1, -0.05) is 13.0 Å². The van der Waals surface area contributed by atoms with Crippen molar-refractivity contribution in [2.45, 2.75) is 32.7 Å². The molecule has 0 aliphatic heterocycles. The van der Waals surface area contributed by atoms with Gasteiger partial charge in [0.05, 0.1) is 6.20 Å². The normalized spacial score (nSPS) is 12.6. The minimum Gasteiger partial charge on any atom is -0.310 e. The van der Waals surface area contributed by atoms with Crippen LogP contribution in [0, 0.1) is 18.6 Å². The van der Waals surface area contributed by atoms with Gasteiger partial charge in [-0.3, -0.25) is 4.68 Å². The number of benzene rings is 1. The molecule has 1 unspecified atom stereocenters. The highest BCUT2D eigenvalue weighted by Crippen LogP contribution is 2.22. The Kier molecular flexibility index (Phi) is 5.07. The van der Waals surface area contributed by atoms with Crippen LogP contribution >= 0.6 is 0 Å². The molecule has 1 atom stereocenters. The molecule has 0 fully saturated rings. The zero-order valence-corrected chi connectivity index (χ0v) is 12.7. The first-order valence-electron chi connectivity index (χ1n) is 7.18. The maximum atomic E-state index is 13.4. The lowest BCUT2D eigenvalue weighted by atomic mass is 9.99. The number of halogens is 2. The molecule has 0 bridgehead atoms. The van der Waals surface area contributed by atoms with Crippen LogP contribution in [0.4, 0.5) is 8.78 Å². The predicted octanol–water partition coefficient (Wildman–Crippen LogP) is 3.29. The van der Waals surface area contributed by atoms with Crippen LogP contribution in [0.15, 0.2) is 24.4 Å². The van der Waals surface area contributed by atoms with Crippen molar-refractivity contribution < 1.29 is 8.78 Å². The third-order valence-electron chi connectivity index (χ3n) is 3.71. The highest BCUT2D eigenvalue weighted by atomic mass is 19.2. The fourth-order valence-electron chi connectivity index (χ4n) is 2.37. The van der Waals surface area contributed by atoms with E-state index in [0.29, 0.717) is 6.42 Å². The van der Waals surface area contributed by atoms with E-state index in [9.17, 15) is 8.78 Å². The lowest BCUT2D eigenvalue weighted by Crippen LogP contribution is -2.24. The second kappa shape index (κ2) is 6.80. The molecule has 1 aromatic heterocycles. The summed E-state index contributed by atoms with van der Waals surface area (Å²) < 4.78 is 28.2. The third kappa shape index (κ3) is 3.67. The Morgan fingerprint density at radius 1 is 1.29 bits per heavy atom. The summed E-state index contributed by atoms with van der Waals surface area (Å²) in [7, 11) is 1.90. The third-order valence-corrected chi connectivity index (χ3v) is 3.71. The average Bonchev–Trinajstić information content (AvgIpc) is 2.79. The minimum atomic E-state index is -0.811. The molecule has 0 saturated carbocycles. The largest absolute Gasteiger partial charge is 0.310 e. The Balaban J connectivity index is 2.23. The van der Waals surface area contributed by atoms with Gasteiger partial charge in [0.25, 0.3) is 0 Å². The van der Waals surface area contributed by atoms with E-state index >= 15 is 0 Å². The molecule has 3 nitrogen and oxygen atoms in total. The van der Waals surface area contributed by atoms with E-state index in [1.54, 1.807) is 6.07 Å². The van der Waals surface area contributed by atoms with E-state index < -0.39 is 11.6 Å². The first kappa shape index (κ1) is 15.6. The molecule has 0 amide bonds. The summed E-state index contributed by atoms with van der Waals surface area (Å²) in [5.41, 5.74) is 2.94. The highest BCUT2D eigenvalue weighted by molar-refractivity contribution is 5.25. The molecular weight excluding hydrogens is 272 g/mol. The van der Waals surface area contributed by atoms with Crippen molar-refractivity contribution >= 4 is 0 Å². The van der Waals surface area contributed by atoms with Gasteiger partial charge in [-0.2, -0.15) is 5.10 Å². The van der Waals surface area contributed by atoms with Crippen molar-refractivity contribution in [2.24, 2.45) is 7.05 Å². The van der Waals surface area contributed by atoms with Crippen molar-refractivity contribution in [2.75, 3.05) is 6.54 Å². The molecule has 2 aromatic rings. The number of hydrogen-bond donors (Lipinski definition) is 1. The van der Waals surface area contributed by atoms with Crippen molar-refractivity contribution in [3.8, 4) is 0 Å². The van der Waals surface area contributed by atoms with E-state index in [-0.39, 0.29) is 6.04 Å². The number of aromatic nitrogens is 2. The quantitative estimate of drug-likeness (QED) is 0.885. The highest BCUT2D eigenvalue weighted by Gasteiger charge is 2.17. The molecule has 1 aromatic carbocycles. The van der Waals surface area contributed by atoms with Gasteiger partial charge in [0, 0.05) is 24.3 Å². The van der Waals surface area contributed by atoms with Crippen LogP contribution in [0.3, 0.4) is 0 Å². The van der Waals surface area contributed by atoms with Crippen LogP contribution in [0.5, 0.6) is 0 Å². The smallest absolute Gasteiger partial charge is 0.159 e. The number of nitrogens with one attached hydrogen (secondary N) is 1. The summed E-state index contributed by atoms with van der Waals surface area (Å²) in [6, 6.07) is 4.12. The first-order valence-corrected chi connectivity index (χ1v) is 7.18. The summed E-state index contributed by atoms with van der Waals surface area (Å²) in [5, 5.41) is 7.71. The number of aryl methyl sites for hydroxylation is 1. The molecule has 114 valence electrons. The van der Waals surface area contributed by atoms with E-state index in [4.69, 9.17) is 0 Å². The van der Waals surface area contributed by atoms with E-state index in [2.05, 4.69) is 17.3 Å². The Bertz CT molecular complexity index is 608. The average molecular weight is 293 g/mol. The number of rotatable bonds is 6. The predicted molar refractivity (Wildman–Crippen MR) is 79.0 cm³/mol. The van der Waals surface area contributed by atoms with Crippen LogP contribution < -0.4 is 5.32 Å². The molecule has 5 heteroatoms. The van der Waals surface area contributed by atoms with Crippen molar-refractivity contribution in [1.82, 2.24) is 15.1 Å². The molecule has 1 N–H and O–H groups in total. The van der Waals surface area contributed by atoms with E-state index in [0.717, 1.165) is 29.8 Å². The maximum Gasteiger partial charge on any atom is 0.159 e. The standard InChI is InChI=1S/C16H21F2N3/c1-4-7-19-16(13-10-20-21(3)11(13)2)9-12-5-6-14(17)15(18)8-12/h5-6,8,10,16,19H,4,7,9H2,1-3H3. The molecule has 2 rings (SSSR count). The number of nitrogens with zero attached hydrogens (tertiary/aromatic N) is 2. The molecule has 21 heavy (non-hydrogen) atoms. The van der Waals surface area contributed by atoms with Crippen molar-refractivity contribution in [3.63, 3.8) is 0 Å². The van der Waals surface area contributed by atoms with Crippen LogP contribution in [0.25, 0.3) is 0 Å². The second-order valence-electron chi connectivity index (χ2n) is 5.27. The fourth-order valence-corrected chi connectivity index (χ4v) is 2.37. The van der Waals surface area contributed by atoms with E-state index in [1.165, 1.54) is 12.1 Å². The van der Waals surface area contributed by atoms with Gasteiger partial charge in [-0.15, -0.1) is 0 Å².